The molecule has 0 saturated carbocycles. The molecule has 0 radical (unpaired) electrons. The van der Waals surface area contributed by atoms with Crippen LogP contribution in [0.4, 0.5) is 4.39 Å². The molecule has 0 aliphatic carbocycles. The van der Waals surface area contributed by atoms with Crippen LogP contribution in [0.25, 0.3) is 22.6 Å². The maximum Gasteiger partial charge on any atom is 0.178 e. The highest BCUT2D eigenvalue weighted by atomic mass is 79.9. The minimum absolute atomic E-state index is 0.318. The van der Waals surface area contributed by atoms with Crippen LogP contribution in [0.5, 0.6) is 0 Å². The lowest BCUT2D eigenvalue weighted by atomic mass is 10.2. The van der Waals surface area contributed by atoms with E-state index in [0.29, 0.717) is 21.5 Å². The van der Waals surface area contributed by atoms with E-state index in [2.05, 4.69) is 46.8 Å². The lowest BCUT2D eigenvalue weighted by Crippen LogP contribution is -1.85. The third-order valence-corrected chi connectivity index (χ3v) is 3.75. The van der Waals surface area contributed by atoms with E-state index in [9.17, 15) is 4.39 Å². The fourth-order valence-corrected chi connectivity index (χ4v) is 2.47. The molecular weight excluding hydrogens is 365 g/mol. The van der Waals surface area contributed by atoms with E-state index in [-0.39, 0.29) is 5.82 Å². The normalized spacial score (nSPS) is 11.1. The second kappa shape index (κ2) is 4.44. The summed E-state index contributed by atoms with van der Waals surface area (Å²) >= 11 is 6.57. The number of H-pyrrole nitrogens is 1. The van der Waals surface area contributed by atoms with Crippen LogP contribution < -0.4 is 0 Å². The van der Waals surface area contributed by atoms with Gasteiger partial charge in [0.2, 0.25) is 0 Å². The zero-order valence-electron chi connectivity index (χ0n) is 8.92. The Hall–Kier alpha value is -1.27. The third kappa shape index (κ3) is 1.95. The van der Waals surface area contributed by atoms with Gasteiger partial charge in [-0.3, -0.25) is 0 Å². The summed E-state index contributed by atoms with van der Waals surface area (Å²) in [4.78, 5) is 11.6. The lowest BCUT2D eigenvalue weighted by Gasteiger charge is -2.00. The van der Waals surface area contributed by atoms with Crippen molar-refractivity contribution in [3.63, 3.8) is 0 Å². The van der Waals surface area contributed by atoms with E-state index in [4.69, 9.17) is 0 Å². The van der Waals surface area contributed by atoms with E-state index in [1.54, 1.807) is 18.3 Å². The summed E-state index contributed by atoms with van der Waals surface area (Å²) in [5, 5.41) is 0. The Labute approximate surface area is 119 Å². The van der Waals surface area contributed by atoms with Gasteiger partial charge in [0.25, 0.3) is 0 Å². The van der Waals surface area contributed by atoms with Crippen molar-refractivity contribution in [1.82, 2.24) is 15.0 Å². The highest BCUT2D eigenvalue weighted by molar-refractivity contribution is 9.10. The standard InChI is InChI=1S/C12H6Br2FN3/c13-6-4-9-12(16-5-6)18-11(17-9)7-2-1-3-8(15)10(7)14/h1-5H,(H,16,17,18). The topological polar surface area (TPSA) is 41.6 Å². The number of nitrogens with zero attached hydrogens (tertiary/aromatic N) is 2. The number of hydrogen-bond acceptors (Lipinski definition) is 2. The zero-order valence-corrected chi connectivity index (χ0v) is 12.1. The van der Waals surface area contributed by atoms with Crippen LogP contribution in [0.2, 0.25) is 0 Å². The Bertz CT molecular complexity index is 739. The predicted molar refractivity (Wildman–Crippen MR) is 74.7 cm³/mol. The number of rotatable bonds is 1. The maximum atomic E-state index is 13.5. The first-order chi connectivity index (χ1) is 8.65. The van der Waals surface area contributed by atoms with Crippen molar-refractivity contribution in [3.8, 4) is 11.4 Å². The average Bonchev–Trinajstić information content (AvgIpc) is 2.75. The molecule has 2 heterocycles. The number of imidazole rings is 1. The number of aromatic amines is 1. The highest BCUT2D eigenvalue weighted by Crippen LogP contribution is 2.29. The van der Waals surface area contributed by atoms with Crippen LogP contribution in [0.3, 0.4) is 0 Å². The molecular formula is C12H6Br2FN3. The fourth-order valence-electron chi connectivity index (χ4n) is 1.69. The van der Waals surface area contributed by atoms with Gasteiger partial charge in [-0.25, -0.2) is 14.4 Å². The molecule has 0 spiro atoms. The molecule has 90 valence electrons. The number of halogens is 3. The van der Waals surface area contributed by atoms with E-state index in [1.807, 2.05) is 6.07 Å². The van der Waals surface area contributed by atoms with Crippen LogP contribution in [-0.4, -0.2) is 15.0 Å². The number of benzene rings is 1. The number of nitrogens with one attached hydrogen (secondary N) is 1. The van der Waals surface area contributed by atoms with Gasteiger partial charge in [-0.15, -0.1) is 0 Å². The molecule has 2 aromatic heterocycles. The third-order valence-electron chi connectivity index (χ3n) is 2.51. The van der Waals surface area contributed by atoms with Gasteiger partial charge in [0, 0.05) is 16.2 Å². The van der Waals surface area contributed by atoms with Crippen LogP contribution in [0.15, 0.2) is 39.4 Å². The monoisotopic (exact) mass is 369 g/mol. The molecule has 0 aliphatic rings. The summed E-state index contributed by atoms with van der Waals surface area (Å²) in [6.45, 7) is 0. The van der Waals surface area contributed by atoms with Gasteiger partial charge in [0.1, 0.15) is 11.6 Å². The van der Waals surface area contributed by atoms with Crippen molar-refractivity contribution in [2.24, 2.45) is 0 Å². The van der Waals surface area contributed by atoms with E-state index in [1.165, 1.54) is 6.07 Å². The van der Waals surface area contributed by atoms with Crippen molar-refractivity contribution in [2.75, 3.05) is 0 Å². The van der Waals surface area contributed by atoms with Crippen LogP contribution in [0, 0.1) is 5.82 Å². The van der Waals surface area contributed by atoms with Gasteiger partial charge in [0.05, 0.1) is 9.99 Å². The summed E-state index contributed by atoms with van der Waals surface area (Å²) in [6.07, 6.45) is 1.67. The number of aromatic nitrogens is 3. The van der Waals surface area contributed by atoms with Gasteiger partial charge in [0.15, 0.2) is 5.65 Å². The Morgan fingerprint density at radius 3 is 2.89 bits per heavy atom. The molecule has 1 aromatic carbocycles. The van der Waals surface area contributed by atoms with Gasteiger partial charge < -0.3 is 4.98 Å². The number of hydrogen-bond donors (Lipinski definition) is 1. The second-order valence-corrected chi connectivity index (χ2v) is 5.42. The number of pyridine rings is 1. The Balaban J connectivity index is 2.22. The first-order valence-electron chi connectivity index (χ1n) is 5.11. The van der Waals surface area contributed by atoms with Crippen molar-refractivity contribution < 1.29 is 4.39 Å². The molecule has 0 saturated heterocycles. The van der Waals surface area contributed by atoms with Crippen molar-refractivity contribution in [3.05, 3.63) is 45.2 Å². The average molecular weight is 371 g/mol. The fraction of sp³-hybridized carbons (Fsp3) is 0. The SMILES string of the molecule is Fc1cccc(-c2nc3ncc(Br)cc3[nH]2)c1Br. The summed E-state index contributed by atoms with van der Waals surface area (Å²) < 4.78 is 14.7. The summed E-state index contributed by atoms with van der Waals surface area (Å²) in [7, 11) is 0. The first-order valence-corrected chi connectivity index (χ1v) is 6.69. The van der Waals surface area contributed by atoms with Crippen LogP contribution >= 0.6 is 31.9 Å². The molecule has 0 aliphatic heterocycles. The molecule has 0 unspecified atom stereocenters. The van der Waals surface area contributed by atoms with Crippen molar-refractivity contribution in [2.45, 2.75) is 0 Å². The van der Waals surface area contributed by atoms with E-state index >= 15 is 0 Å². The van der Waals surface area contributed by atoms with Crippen molar-refractivity contribution in [1.29, 1.82) is 0 Å². The molecule has 0 amide bonds. The first kappa shape index (κ1) is 11.8. The van der Waals surface area contributed by atoms with Crippen molar-refractivity contribution >= 4 is 43.0 Å². The molecule has 6 heteroatoms. The lowest BCUT2D eigenvalue weighted by molar-refractivity contribution is 0.621. The maximum absolute atomic E-state index is 13.5. The van der Waals surface area contributed by atoms with Gasteiger partial charge in [-0.05, 0) is 50.1 Å². The molecule has 3 nitrogen and oxygen atoms in total. The molecule has 0 atom stereocenters. The quantitative estimate of drug-likeness (QED) is 0.694. The largest absolute Gasteiger partial charge is 0.337 e. The molecule has 0 bridgehead atoms. The van der Waals surface area contributed by atoms with Gasteiger partial charge in [-0.2, -0.15) is 0 Å². The Morgan fingerprint density at radius 1 is 1.22 bits per heavy atom. The molecule has 1 N–H and O–H groups in total. The summed E-state index contributed by atoms with van der Waals surface area (Å²) in [5.74, 6) is 0.268. The molecule has 3 aromatic rings. The van der Waals surface area contributed by atoms with Crippen LogP contribution in [-0.2, 0) is 0 Å². The second-order valence-electron chi connectivity index (χ2n) is 3.71. The molecule has 0 fully saturated rings. The number of fused-ring (bicyclic) bond motifs is 1. The minimum atomic E-state index is -0.318. The minimum Gasteiger partial charge on any atom is -0.337 e. The highest BCUT2D eigenvalue weighted by Gasteiger charge is 2.12. The van der Waals surface area contributed by atoms with Gasteiger partial charge in [-0.1, -0.05) is 6.07 Å². The van der Waals surface area contributed by atoms with Gasteiger partial charge >= 0.3 is 0 Å². The Morgan fingerprint density at radius 2 is 2.06 bits per heavy atom. The molecule has 18 heavy (non-hydrogen) atoms. The Kier molecular flexibility index (Phi) is 2.91. The molecule has 3 rings (SSSR count). The van der Waals surface area contributed by atoms with E-state index < -0.39 is 0 Å². The van der Waals surface area contributed by atoms with E-state index in [0.717, 1.165) is 9.99 Å². The van der Waals surface area contributed by atoms with Crippen LogP contribution in [0.1, 0.15) is 0 Å². The predicted octanol–water partition coefficient (Wildman–Crippen LogP) is 4.29. The summed E-state index contributed by atoms with van der Waals surface area (Å²) in [5.41, 5.74) is 2.07. The zero-order chi connectivity index (χ0) is 12.7. The summed E-state index contributed by atoms with van der Waals surface area (Å²) in [6, 6.07) is 6.71. The smallest absolute Gasteiger partial charge is 0.178 e.